The predicted octanol–water partition coefficient (Wildman–Crippen LogP) is 0.191. The molecule has 54 valence electrons. The van der Waals surface area contributed by atoms with Crippen molar-refractivity contribution in [3.05, 3.63) is 11.9 Å². The smallest absolute Gasteiger partial charge is 0.262 e. The van der Waals surface area contributed by atoms with Gasteiger partial charge >= 0.3 is 0 Å². The zero-order valence-electron chi connectivity index (χ0n) is 5.10. The minimum atomic E-state index is -0.991. The molecule has 0 aliphatic carbocycles. The highest BCUT2D eigenvalue weighted by molar-refractivity contribution is 5.38. The van der Waals surface area contributed by atoms with Crippen molar-refractivity contribution >= 4 is 5.69 Å². The van der Waals surface area contributed by atoms with Crippen LogP contribution in [0.25, 0.3) is 0 Å². The first-order valence-corrected chi connectivity index (χ1v) is 2.48. The van der Waals surface area contributed by atoms with E-state index in [0.717, 1.165) is 0 Å². The summed E-state index contributed by atoms with van der Waals surface area (Å²) in [6, 6.07) is 0. The van der Waals surface area contributed by atoms with E-state index in [2.05, 4.69) is 20.7 Å². The summed E-state index contributed by atoms with van der Waals surface area (Å²) in [5, 5.41) is 10.8. The van der Waals surface area contributed by atoms with Gasteiger partial charge in [-0.1, -0.05) is 10.2 Å². The van der Waals surface area contributed by atoms with Crippen LogP contribution in [-0.2, 0) is 0 Å². The Hall–Kier alpha value is -1.33. The molecule has 0 atom stereocenters. The number of nitrogens with one attached hydrogen (secondary N) is 1. The quantitative estimate of drug-likeness (QED) is 0.614. The molecular weight excluding hydrogens is 142 g/mol. The lowest BCUT2D eigenvalue weighted by atomic mass is 10.5. The third-order valence-electron chi connectivity index (χ3n) is 0.928. The van der Waals surface area contributed by atoms with Gasteiger partial charge in [-0.2, -0.15) is 8.78 Å². The maximum absolute atomic E-state index is 12.3. The molecule has 0 amide bonds. The Morgan fingerprint density at radius 1 is 1.20 bits per heavy atom. The van der Waals surface area contributed by atoms with E-state index >= 15 is 0 Å². The molecule has 1 heterocycles. The molecule has 1 aromatic rings. The van der Waals surface area contributed by atoms with Gasteiger partial charge in [0.2, 0.25) is 0 Å². The minimum Gasteiger partial charge on any atom is -0.381 e. The zero-order chi connectivity index (χ0) is 7.56. The number of hydrogen-bond donors (Lipinski definition) is 1. The summed E-state index contributed by atoms with van der Waals surface area (Å²) in [7, 11) is 1.37. The molecule has 0 bridgehead atoms. The van der Waals surface area contributed by atoms with Crippen LogP contribution in [0.1, 0.15) is 0 Å². The van der Waals surface area contributed by atoms with E-state index < -0.39 is 11.9 Å². The number of hydrogen-bond acceptors (Lipinski definition) is 4. The van der Waals surface area contributed by atoms with Gasteiger partial charge in [0, 0.05) is 7.05 Å². The average molecular weight is 146 g/mol. The highest BCUT2D eigenvalue weighted by Crippen LogP contribution is 2.10. The van der Waals surface area contributed by atoms with Gasteiger partial charge in [-0.25, -0.2) is 0 Å². The summed E-state index contributed by atoms with van der Waals surface area (Å²) >= 11 is 0. The van der Waals surface area contributed by atoms with E-state index in [1.54, 1.807) is 0 Å². The van der Waals surface area contributed by atoms with Gasteiger partial charge in [0.1, 0.15) is 5.69 Å². The molecule has 6 heteroatoms. The van der Waals surface area contributed by atoms with E-state index in [-0.39, 0.29) is 5.69 Å². The van der Waals surface area contributed by atoms with Crippen molar-refractivity contribution in [3.63, 3.8) is 0 Å². The van der Waals surface area contributed by atoms with Crippen LogP contribution in [0, 0.1) is 11.9 Å². The van der Waals surface area contributed by atoms with Gasteiger partial charge in [0.15, 0.2) is 0 Å². The summed E-state index contributed by atoms with van der Waals surface area (Å²) in [5.41, 5.74) is -0.366. The summed E-state index contributed by atoms with van der Waals surface area (Å²) in [4.78, 5) is 0. The lowest BCUT2D eigenvalue weighted by Crippen LogP contribution is -2.03. The van der Waals surface area contributed by atoms with Crippen molar-refractivity contribution in [2.24, 2.45) is 0 Å². The third kappa shape index (κ3) is 0.996. The van der Waals surface area contributed by atoms with Gasteiger partial charge in [0.05, 0.1) is 0 Å². The number of nitrogens with zero attached hydrogens (tertiary/aromatic N) is 3. The Morgan fingerprint density at radius 3 is 2.00 bits per heavy atom. The van der Waals surface area contributed by atoms with Gasteiger partial charge in [-0.15, -0.1) is 0 Å². The first kappa shape index (κ1) is 6.79. The normalized spacial score (nSPS) is 9.50. The minimum absolute atomic E-state index is 0.366. The number of anilines is 1. The maximum atomic E-state index is 12.3. The molecule has 1 aromatic heterocycles. The fourth-order valence-corrected chi connectivity index (χ4v) is 0.492. The Balaban J connectivity index is 3.17. The van der Waals surface area contributed by atoms with Crippen molar-refractivity contribution < 1.29 is 8.78 Å². The second-order valence-corrected chi connectivity index (χ2v) is 1.50. The molecule has 4 nitrogen and oxygen atoms in total. The van der Waals surface area contributed by atoms with Crippen LogP contribution in [0.4, 0.5) is 14.5 Å². The van der Waals surface area contributed by atoms with Crippen molar-refractivity contribution in [2.45, 2.75) is 0 Å². The lowest BCUT2D eigenvalue weighted by Gasteiger charge is -1.97. The molecule has 0 fully saturated rings. The van der Waals surface area contributed by atoms with Crippen LogP contribution in [0.3, 0.4) is 0 Å². The van der Waals surface area contributed by atoms with Crippen molar-refractivity contribution in [1.29, 1.82) is 0 Å². The van der Waals surface area contributed by atoms with E-state index in [0.29, 0.717) is 0 Å². The SMILES string of the molecule is CNc1c(F)nnnc1F. The molecule has 0 aromatic carbocycles. The molecule has 0 saturated heterocycles. The molecule has 0 unspecified atom stereocenters. The second kappa shape index (κ2) is 2.51. The Labute approximate surface area is 55.3 Å². The molecule has 0 radical (unpaired) electrons. The van der Waals surface area contributed by atoms with E-state index in [1.807, 2.05) is 0 Å². The predicted molar refractivity (Wildman–Crippen MR) is 29.3 cm³/mol. The highest BCUT2D eigenvalue weighted by Gasteiger charge is 2.08. The fraction of sp³-hybridized carbons (Fsp3) is 0.250. The van der Waals surface area contributed by atoms with E-state index in [9.17, 15) is 8.78 Å². The number of halogens is 2. The van der Waals surface area contributed by atoms with Gasteiger partial charge in [-0.05, 0) is 5.21 Å². The standard InChI is InChI=1S/C4H4F2N4/c1-7-2-3(5)8-10-9-4(2)6/h1H3,(H,7,10). The molecule has 0 aliphatic heterocycles. The number of aromatic nitrogens is 3. The van der Waals surface area contributed by atoms with Gasteiger partial charge < -0.3 is 5.32 Å². The monoisotopic (exact) mass is 146 g/mol. The zero-order valence-corrected chi connectivity index (χ0v) is 5.10. The summed E-state index contributed by atoms with van der Waals surface area (Å²) in [6.45, 7) is 0. The van der Waals surface area contributed by atoms with Crippen molar-refractivity contribution in [1.82, 2.24) is 15.4 Å². The van der Waals surface area contributed by atoms with Crippen LogP contribution >= 0.6 is 0 Å². The Kier molecular flexibility index (Phi) is 1.70. The van der Waals surface area contributed by atoms with E-state index in [1.165, 1.54) is 7.05 Å². The van der Waals surface area contributed by atoms with Gasteiger partial charge in [-0.3, -0.25) is 0 Å². The Morgan fingerprint density at radius 2 is 1.70 bits per heavy atom. The second-order valence-electron chi connectivity index (χ2n) is 1.50. The van der Waals surface area contributed by atoms with Crippen LogP contribution in [-0.4, -0.2) is 22.5 Å². The molecule has 10 heavy (non-hydrogen) atoms. The third-order valence-corrected chi connectivity index (χ3v) is 0.928. The van der Waals surface area contributed by atoms with E-state index in [4.69, 9.17) is 0 Å². The maximum Gasteiger partial charge on any atom is 0.262 e. The molecule has 1 rings (SSSR count). The van der Waals surface area contributed by atoms with Crippen molar-refractivity contribution in [2.75, 3.05) is 12.4 Å². The summed E-state index contributed by atoms with van der Waals surface area (Å²) in [5.74, 6) is -1.98. The first-order valence-electron chi connectivity index (χ1n) is 2.48. The first-order chi connectivity index (χ1) is 4.75. The molecule has 0 saturated carbocycles. The molecule has 0 aliphatic rings. The topological polar surface area (TPSA) is 50.7 Å². The van der Waals surface area contributed by atoms with Crippen LogP contribution < -0.4 is 5.32 Å². The molecular formula is C4H4F2N4. The van der Waals surface area contributed by atoms with Crippen LogP contribution in [0.5, 0.6) is 0 Å². The number of rotatable bonds is 1. The average Bonchev–Trinajstić information content (AvgIpc) is 1.88. The molecule has 1 N–H and O–H groups in total. The largest absolute Gasteiger partial charge is 0.381 e. The van der Waals surface area contributed by atoms with Crippen LogP contribution in [0.15, 0.2) is 0 Å². The Bertz CT molecular complexity index is 218. The summed E-state index contributed by atoms with van der Waals surface area (Å²) in [6.07, 6.45) is 0. The highest BCUT2D eigenvalue weighted by atomic mass is 19.1. The van der Waals surface area contributed by atoms with Gasteiger partial charge in [0.25, 0.3) is 11.9 Å². The lowest BCUT2D eigenvalue weighted by molar-refractivity contribution is 0.492. The summed E-state index contributed by atoms with van der Waals surface area (Å²) < 4.78 is 24.7. The fourth-order valence-electron chi connectivity index (χ4n) is 0.492. The molecule has 0 spiro atoms. The van der Waals surface area contributed by atoms with Crippen LogP contribution in [0.2, 0.25) is 0 Å². The van der Waals surface area contributed by atoms with Crippen molar-refractivity contribution in [3.8, 4) is 0 Å².